The van der Waals surface area contributed by atoms with E-state index in [0.717, 1.165) is 10.4 Å². The highest BCUT2D eigenvalue weighted by Gasteiger charge is 2.13. The Morgan fingerprint density at radius 2 is 2.07 bits per heavy atom. The summed E-state index contributed by atoms with van der Waals surface area (Å²) in [6, 6.07) is 15.0. The number of benzene rings is 1. The number of thiazole rings is 1. The Morgan fingerprint density at radius 1 is 1.15 bits per heavy atom. The van der Waals surface area contributed by atoms with Crippen LogP contribution in [0.15, 0.2) is 63.1 Å². The molecule has 0 amide bonds. The van der Waals surface area contributed by atoms with Gasteiger partial charge in [0, 0.05) is 16.7 Å². The molecule has 0 radical (unpaired) electrons. The highest BCUT2D eigenvalue weighted by atomic mass is 35.5. The lowest BCUT2D eigenvalue weighted by Gasteiger charge is -1.96. The van der Waals surface area contributed by atoms with Crippen LogP contribution in [0.5, 0.6) is 0 Å². The van der Waals surface area contributed by atoms with Crippen LogP contribution < -0.4 is 10.1 Å². The third-order valence-corrected chi connectivity index (χ3v) is 5.99. The van der Waals surface area contributed by atoms with Gasteiger partial charge >= 0.3 is 0 Å². The number of hydrogen-bond donors (Lipinski definition) is 0. The fourth-order valence-electron chi connectivity index (χ4n) is 2.70. The molecule has 0 saturated carbocycles. The quantitative estimate of drug-likeness (QED) is 0.443. The minimum absolute atomic E-state index is 0.203. The van der Waals surface area contributed by atoms with Crippen LogP contribution >= 0.6 is 34.3 Å². The van der Waals surface area contributed by atoms with Crippen molar-refractivity contribution in [1.29, 1.82) is 0 Å². The van der Waals surface area contributed by atoms with Gasteiger partial charge in [-0.25, -0.2) is 0 Å². The Morgan fingerprint density at radius 3 is 2.85 bits per heavy atom. The number of rotatable bonds is 3. The van der Waals surface area contributed by atoms with Gasteiger partial charge in [-0.2, -0.15) is 9.50 Å². The van der Waals surface area contributed by atoms with Gasteiger partial charge in [0.05, 0.1) is 4.88 Å². The Kier molecular flexibility index (Phi) is 3.93. The molecule has 1 aromatic carbocycles. The van der Waals surface area contributed by atoms with Crippen molar-refractivity contribution in [2.75, 3.05) is 0 Å². The molecule has 4 heterocycles. The minimum Gasteiger partial charge on any atom is -0.457 e. The molecule has 0 bridgehead atoms. The first-order valence-electron chi connectivity index (χ1n) is 7.98. The fourth-order valence-corrected chi connectivity index (χ4v) is 4.43. The van der Waals surface area contributed by atoms with E-state index in [-0.39, 0.29) is 5.56 Å². The third-order valence-electron chi connectivity index (χ3n) is 3.93. The fraction of sp³-hybridized carbons (Fsp3) is 0. The minimum atomic E-state index is -0.203. The molecule has 5 rings (SSSR count). The van der Waals surface area contributed by atoms with Crippen LogP contribution in [0.3, 0.4) is 0 Å². The summed E-state index contributed by atoms with van der Waals surface area (Å²) in [5.74, 6) is 1.85. The van der Waals surface area contributed by atoms with Crippen LogP contribution in [0.1, 0.15) is 5.76 Å². The third kappa shape index (κ3) is 2.99. The standard InChI is InChI=1S/C19H10ClN3O2S2/c20-12-4-1-3-11(9-12)14-7-6-13(25-14)10-16-18(24)23-19(27-16)21-17(22-23)15-5-2-8-26-15/h1-10H/b16-10-. The van der Waals surface area contributed by atoms with Gasteiger partial charge in [0.2, 0.25) is 4.96 Å². The molecule has 27 heavy (non-hydrogen) atoms. The van der Waals surface area contributed by atoms with Gasteiger partial charge < -0.3 is 4.42 Å². The van der Waals surface area contributed by atoms with E-state index in [2.05, 4.69) is 10.1 Å². The second kappa shape index (κ2) is 6.45. The molecule has 0 aliphatic rings. The van der Waals surface area contributed by atoms with Crippen molar-refractivity contribution >= 4 is 45.3 Å². The van der Waals surface area contributed by atoms with Crippen LogP contribution in [-0.2, 0) is 0 Å². The highest BCUT2D eigenvalue weighted by molar-refractivity contribution is 7.15. The van der Waals surface area contributed by atoms with Gasteiger partial charge in [0.1, 0.15) is 16.1 Å². The Bertz CT molecular complexity index is 1370. The smallest absolute Gasteiger partial charge is 0.291 e. The van der Waals surface area contributed by atoms with Crippen LogP contribution in [0.2, 0.25) is 5.02 Å². The molecule has 0 fully saturated rings. The molecule has 0 unspecified atom stereocenters. The second-order valence-corrected chi connectivity index (χ2v) is 8.13. The summed E-state index contributed by atoms with van der Waals surface area (Å²) in [7, 11) is 0. The number of thiophene rings is 1. The molecule has 8 heteroatoms. The van der Waals surface area contributed by atoms with Crippen molar-refractivity contribution in [2.45, 2.75) is 0 Å². The van der Waals surface area contributed by atoms with Crippen LogP contribution in [0, 0.1) is 0 Å². The molecule has 0 atom stereocenters. The zero-order valence-corrected chi connectivity index (χ0v) is 16.0. The van der Waals surface area contributed by atoms with Crippen molar-refractivity contribution in [3.63, 3.8) is 0 Å². The lowest BCUT2D eigenvalue weighted by molar-refractivity contribution is 0.571. The SMILES string of the molecule is O=c1/c(=C/c2ccc(-c3cccc(Cl)c3)o2)sc2nc(-c3cccs3)nn12. The monoisotopic (exact) mass is 411 g/mol. The van der Waals surface area contributed by atoms with Gasteiger partial charge in [-0.15, -0.1) is 16.4 Å². The Hall–Kier alpha value is -2.74. The average molecular weight is 412 g/mol. The van der Waals surface area contributed by atoms with E-state index in [1.165, 1.54) is 15.9 Å². The van der Waals surface area contributed by atoms with Crippen LogP contribution in [-0.4, -0.2) is 14.6 Å². The number of fused-ring (bicyclic) bond motifs is 1. The summed E-state index contributed by atoms with van der Waals surface area (Å²) in [4.78, 5) is 18.6. The summed E-state index contributed by atoms with van der Waals surface area (Å²) < 4.78 is 7.71. The normalized spacial score (nSPS) is 12.3. The first kappa shape index (κ1) is 16.4. The van der Waals surface area contributed by atoms with Gasteiger partial charge in [0.25, 0.3) is 5.56 Å². The molecule has 0 N–H and O–H groups in total. The molecule has 0 spiro atoms. The first-order valence-corrected chi connectivity index (χ1v) is 10.1. The molecule has 5 aromatic rings. The average Bonchev–Trinajstić information content (AvgIpc) is 3.42. The molecule has 0 aliphatic carbocycles. The van der Waals surface area contributed by atoms with E-state index in [1.807, 2.05) is 53.9 Å². The molecule has 0 saturated heterocycles. The maximum atomic E-state index is 12.6. The number of halogens is 1. The molecule has 4 aromatic heterocycles. The van der Waals surface area contributed by atoms with E-state index in [4.69, 9.17) is 16.0 Å². The lowest BCUT2D eigenvalue weighted by atomic mass is 10.2. The van der Waals surface area contributed by atoms with Gasteiger partial charge in [-0.05, 0) is 35.7 Å². The Balaban J connectivity index is 1.54. The molecular formula is C19H10ClN3O2S2. The van der Waals surface area contributed by atoms with E-state index in [9.17, 15) is 4.79 Å². The van der Waals surface area contributed by atoms with E-state index in [1.54, 1.807) is 17.4 Å². The molecular weight excluding hydrogens is 402 g/mol. The van der Waals surface area contributed by atoms with E-state index < -0.39 is 0 Å². The zero-order valence-electron chi connectivity index (χ0n) is 13.6. The highest BCUT2D eigenvalue weighted by Crippen LogP contribution is 2.25. The maximum absolute atomic E-state index is 12.6. The van der Waals surface area contributed by atoms with E-state index >= 15 is 0 Å². The summed E-state index contributed by atoms with van der Waals surface area (Å²) in [5, 5.41) is 6.92. The van der Waals surface area contributed by atoms with E-state index in [0.29, 0.717) is 31.9 Å². The van der Waals surface area contributed by atoms with Crippen LogP contribution in [0.4, 0.5) is 0 Å². The van der Waals surface area contributed by atoms with Gasteiger partial charge in [-0.3, -0.25) is 4.79 Å². The number of hydrogen-bond acceptors (Lipinski definition) is 6. The van der Waals surface area contributed by atoms with Crippen LogP contribution in [0.25, 0.3) is 33.1 Å². The zero-order chi connectivity index (χ0) is 18.4. The maximum Gasteiger partial charge on any atom is 0.291 e. The molecule has 132 valence electrons. The topological polar surface area (TPSA) is 60.4 Å². The number of nitrogens with zero attached hydrogens (tertiary/aromatic N) is 3. The lowest BCUT2D eigenvalue weighted by Crippen LogP contribution is -2.23. The molecule has 0 aliphatic heterocycles. The molecule has 5 nitrogen and oxygen atoms in total. The van der Waals surface area contributed by atoms with Crippen molar-refractivity contribution in [2.24, 2.45) is 0 Å². The number of aromatic nitrogens is 3. The van der Waals surface area contributed by atoms with Crippen molar-refractivity contribution < 1.29 is 4.42 Å². The number of furan rings is 1. The van der Waals surface area contributed by atoms with Gasteiger partial charge in [0.15, 0.2) is 5.82 Å². The second-order valence-electron chi connectivity index (χ2n) is 5.74. The summed E-state index contributed by atoms with van der Waals surface area (Å²) in [5.41, 5.74) is 0.679. The Labute approximate surface area is 165 Å². The summed E-state index contributed by atoms with van der Waals surface area (Å²) in [6.45, 7) is 0. The summed E-state index contributed by atoms with van der Waals surface area (Å²) >= 11 is 8.86. The first-order chi connectivity index (χ1) is 13.2. The van der Waals surface area contributed by atoms with Gasteiger partial charge in [-0.1, -0.05) is 41.1 Å². The van der Waals surface area contributed by atoms with Crippen molar-refractivity contribution in [1.82, 2.24) is 14.6 Å². The van der Waals surface area contributed by atoms with Crippen molar-refractivity contribution in [3.05, 3.63) is 79.6 Å². The largest absolute Gasteiger partial charge is 0.457 e. The predicted octanol–water partition coefficient (Wildman–Crippen LogP) is 4.34. The predicted molar refractivity (Wildman–Crippen MR) is 108 cm³/mol. The van der Waals surface area contributed by atoms with Crippen molar-refractivity contribution in [3.8, 4) is 22.0 Å². The summed E-state index contributed by atoms with van der Waals surface area (Å²) in [6.07, 6.45) is 1.71.